The normalized spacial score (nSPS) is 19.6. The maximum absolute atomic E-state index is 10.9. The molecule has 2 unspecified atom stereocenters. The van der Waals surface area contributed by atoms with Crippen molar-refractivity contribution in [3.63, 3.8) is 0 Å². The maximum atomic E-state index is 10.9. The van der Waals surface area contributed by atoms with Gasteiger partial charge in [0.1, 0.15) is 11.9 Å². The van der Waals surface area contributed by atoms with Crippen molar-refractivity contribution >= 4 is 22.8 Å². The van der Waals surface area contributed by atoms with Crippen LogP contribution >= 0.6 is 11.3 Å². The van der Waals surface area contributed by atoms with E-state index in [2.05, 4.69) is 33.6 Å². The molecule has 28 heavy (non-hydrogen) atoms. The Morgan fingerprint density at radius 2 is 2.00 bits per heavy atom. The summed E-state index contributed by atoms with van der Waals surface area (Å²) in [5.41, 5.74) is 2.84. The summed E-state index contributed by atoms with van der Waals surface area (Å²) in [6.07, 6.45) is 0.0878. The zero-order valence-electron chi connectivity index (χ0n) is 15.6. The van der Waals surface area contributed by atoms with Crippen LogP contribution in [0.2, 0.25) is 0 Å². The van der Waals surface area contributed by atoms with Crippen LogP contribution in [0.15, 0.2) is 47.2 Å². The molecule has 7 nitrogen and oxygen atoms in total. The quantitative estimate of drug-likeness (QED) is 0.481. The Kier molecular flexibility index (Phi) is 5.06. The zero-order valence-corrected chi connectivity index (χ0v) is 16.4. The van der Waals surface area contributed by atoms with Gasteiger partial charge in [-0.1, -0.05) is 0 Å². The van der Waals surface area contributed by atoms with Crippen LogP contribution in [0, 0.1) is 17.0 Å². The molecule has 8 heteroatoms. The lowest BCUT2D eigenvalue weighted by Gasteiger charge is -2.37. The smallest absolute Gasteiger partial charge is 0.269 e. The molecule has 4 rings (SSSR count). The van der Waals surface area contributed by atoms with E-state index in [1.54, 1.807) is 23.5 Å². The van der Waals surface area contributed by atoms with Crippen molar-refractivity contribution in [2.75, 3.05) is 18.0 Å². The van der Waals surface area contributed by atoms with Crippen LogP contribution in [0.3, 0.4) is 0 Å². The Bertz CT molecular complexity index is 976. The zero-order chi connectivity index (χ0) is 19.7. The summed E-state index contributed by atoms with van der Waals surface area (Å²) < 4.78 is 6.12. The highest BCUT2D eigenvalue weighted by atomic mass is 32.1. The highest BCUT2D eigenvalue weighted by molar-refractivity contribution is 7.07. The Balaban J connectivity index is 1.63. The number of thiophene rings is 1. The molecular weight excluding hydrogens is 376 g/mol. The van der Waals surface area contributed by atoms with Crippen molar-refractivity contribution in [2.45, 2.75) is 26.1 Å². The molecule has 1 aromatic carbocycles. The largest absolute Gasteiger partial charge is 0.367 e. The second-order valence-electron chi connectivity index (χ2n) is 6.89. The van der Waals surface area contributed by atoms with Crippen LogP contribution in [-0.2, 0) is 4.74 Å². The third-order valence-corrected chi connectivity index (χ3v) is 5.38. The minimum atomic E-state index is -0.411. The molecular formula is C20H20N4O3S. The first-order chi connectivity index (χ1) is 13.5. The summed E-state index contributed by atoms with van der Waals surface area (Å²) in [4.78, 5) is 22.0. The first kappa shape index (κ1) is 18.5. The fourth-order valence-corrected chi connectivity index (χ4v) is 4.06. The van der Waals surface area contributed by atoms with Gasteiger partial charge in [0.05, 0.1) is 11.0 Å². The maximum Gasteiger partial charge on any atom is 0.269 e. The van der Waals surface area contributed by atoms with E-state index in [4.69, 9.17) is 9.72 Å². The van der Waals surface area contributed by atoms with Gasteiger partial charge >= 0.3 is 0 Å². The molecule has 0 bridgehead atoms. The number of non-ortho nitro benzene ring substituents is 1. The van der Waals surface area contributed by atoms with Crippen LogP contribution in [0.25, 0.3) is 11.4 Å². The van der Waals surface area contributed by atoms with Gasteiger partial charge in [-0.2, -0.15) is 11.3 Å². The first-order valence-corrected chi connectivity index (χ1v) is 9.97. The van der Waals surface area contributed by atoms with Crippen LogP contribution in [0.5, 0.6) is 0 Å². The third kappa shape index (κ3) is 3.88. The number of aryl methyl sites for hydroxylation is 1. The van der Waals surface area contributed by atoms with Gasteiger partial charge in [-0.25, -0.2) is 9.97 Å². The number of hydrogen-bond acceptors (Lipinski definition) is 7. The summed E-state index contributed by atoms with van der Waals surface area (Å²) in [5.74, 6) is 1.41. The molecule has 3 aromatic rings. The van der Waals surface area contributed by atoms with E-state index < -0.39 is 4.92 Å². The van der Waals surface area contributed by atoms with Crippen molar-refractivity contribution in [1.29, 1.82) is 0 Å². The van der Waals surface area contributed by atoms with Crippen molar-refractivity contribution in [1.82, 2.24) is 9.97 Å². The molecule has 0 spiro atoms. The van der Waals surface area contributed by atoms with Gasteiger partial charge in [-0.15, -0.1) is 0 Å². The van der Waals surface area contributed by atoms with Crippen LogP contribution in [0.4, 0.5) is 11.5 Å². The Labute approximate surface area is 166 Å². The summed E-state index contributed by atoms with van der Waals surface area (Å²) in [6.45, 7) is 5.46. The number of nitro groups is 1. The molecule has 0 radical (unpaired) electrons. The second-order valence-corrected chi connectivity index (χ2v) is 7.67. The number of anilines is 1. The molecule has 1 saturated heterocycles. The summed E-state index contributed by atoms with van der Waals surface area (Å²) in [5, 5.41) is 15.1. The van der Waals surface area contributed by atoms with E-state index in [1.165, 1.54) is 17.7 Å². The minimum Gasteiger partial charge on any atom is -0.367 e. The van der Waals surface area contributed by atoms with Crippen molar-refractivity contribution < 1.29 is 9.66 Å². The van der Waals surface area contributed by atoms with Gasteiger partial charge in [-0.3, -0.25) is 10.1 Å². The molecule has 3 heterocycles. The Hall–Kier alpha value is -2.84. The Morgan fingerprint density at radius 1 is 1.21 bits per heavy atom. The number of morpholine rings is 1. The van der Waals surface area contributed by atoms with Gasteiger partial charge in [-0.05, 0) is 48.4 Å². The number of nitrogens with zero attached hydrogens (tertiary/aromatic N) is 4. The number of ether oxygens (including phenoxy) is 1. The molecule has 0 N–H and O–H groups in total. The highest BCUT2D eigenvalue weighted by Crippen LogP contribution is 2.30. The standard InChI is InChI=1S/C20H20N4O3S/c1-13-9-19(22-20(21-13)15-3-5-17(6-4-15)24(25)26)23-10-14(2)27-18(11-23)16-7-8-28-12-16/h3-9,12,14,18H,10-11H2,1-2H3. The SMILES string of the molecule is Cc1cc(N2CC(C)OC(c3ccsc3)C2)nc(-c2ccc([N+](=O)[O-])cc2)n1. The molecule has 0 amide bonds. The predicted octanol–water partition coefficient (Wildman–Crippen LogP) is 4.39. The first-order valence-electron chi connectivity index (χ1n) is 9.02. The predicted molar refractivity (Wildman–Crippen MR) is 109 cm³/mol. The van der Waals surface area contributed by atoms with Crippen molar-refractivity contribution in [2.24, 2.45) is 0 Å². The molecule has 1 aliphatic heterocycles. The minimum absolute atomic E-state index is 0.00750. The van der Waals surface area contributed by atoms with E-state index in [0.29, 0.717) is 5.82 Å². The average molecular weight is 396 g/mol. The lowest BCUT2D eigenvalue weighted by Crippen LogP contribution is -2.43. The number of nitro benzene ring substituents is 1. The average Bonchev–Trinajstić information content (AvgIpc) is 3.22. The summed E-state index contributed by atoms with van der Waals surface area (Å²) in [7, 11) is 0. The van der Waals surface area contributed by atoms with E-state index in [1.807, 2.05) is 13.0 Å². The number of rotatable bonds is 4. The molecule has 0 saturated carbocycles. The monoisotopic (exact) mass is 396 g/mol. The second kappa shape index (κ2) is 7.65. The molecule has 2 aromatic heterocycles. The molecule has 0 aliphatic carbocycles. The molecule has 2 atom stereocenters. The number of hydrogen-bond donors (Lipinski definition) is 0. The van der Waals surface area contributed by atoms with E-state index in [0.717, 1.165) is 30.2 Å². The fraction of sp³-hybridized carbons (Fsp3) is 0.300. The topological polar surface area (TPSA) is 81.4 Å². The van der Waals surface area contributed by atoms with Gasteiger partial charge in [0.2, 0.25) is 0 Å². The number of aromatic nitrogens is 2. The lowest BCUT2D eigenvalue weighted by molar-refractivity contribution is -0.384. The van der Waals surface area contributed by atoms with Crippen LogP contribution in [0.1, 0.15) is 24.3 Å². The lowest BCUT2D eigenvalue weighted by atomic mass is 10.1. The summed E-state index contributed by atoms with van der Waals surface area (Å²) >= 11 is 1.66. The Morgan fingerprint density at radius 3 is 2.68 bits per heavy atom. The van der Waals surface area contributed by atoms with Crippen LogP contribution in [-0.4, -0.2) is 34.1 Å². The van der Waals surface area contributed by atoms with Gasteiger partial charge in [0.25, 0.3) is 5.69 Å². The van der Waals surface area contributed by atoms with Gasteiger partial charge in [0.15, 0.2) is 5.82 Å². The third-order valence-electron chi connectivity index (χ3n) is 4.68. The fourth-order valence-electron chi connectivity index (χ4n) is 3.36. The van der Waals surface area contributed by atoms with E-state index in [-0.39, 0.29) is 17.9 Å². The van der Waals surface area contributed by atoms with Gasteiger partial charge in [0, 0.05) is 42.5 Å². The molecule has 144 valence electrons. The van der Waals surface area contributed by atoms with Crippen LogP contribution < -0.4 is 4.90 Å². The van der Waals surface area contributed by atoms with Crippen molar-refractivity contribution in [3.8, 4) is 11.4 Å². The summed E-state index contributed by atoms with van der Waals surface area (Å²) in [6, 6.07) is 10.4. The van der Waals surface area contributed by atoms with Gasteiger partial charge < -0.3 is 9.64 Å². The molecule has 1 aliphatic rings. The van der Waals surface area contributed by atoms with E-state index in [9.17, 15) is 10.1 Å². The van der Waals surface area contributed by atoms with E-state index >= 15 is 0 Å². The number of benzene rings is 1. The molecule has 1 fully saturated rings. The van der Waals surface area contributed by atoms with Crippen molar-refractivity contribution in [3.05, 3.63) is 68.5 Å². The highest BCUT2D eigenvalue weighted by Gasteiger charge is 2.28.